The predicted molar refractivity (Wildman–Crippen MR) is 404 cm³/mol. The number of unbranched alkanes of at least 4 members (excludes halogenated alkanes) is 2. The largest absolute Gasteiger partial charge is 0.0683 e. The second kappa shape index (κ2) is 49.9. The van der Waals surface area contributed by atoms with Gasteiger partial charge in [0.1, 0.15) is 0 Å². The Morgan fingerprint density at radius 1 is 0.281 bits per heavy atom. The molecule has 0 saturated heterocycles. The SMILES string of the molecule is CC.CC.CC.CC.CC.CC.CCC(CC)c1ccccc1.CCC1CCCc2ccccc21.CCC1CCCc2ccccc21.CCCCC.c1cc2c3c(c1)CCC3CCC2.c1cc2c3c(c1)CCC3CCC2.c1cc2c3c(c1)CCCC3CCC2. The highest BCUT2D eigenvalue weighted by Gasteiger charge is 2.29. The smallest absolute Gasteiger partial charge is 0.0153 e. The van der Waals surface area contributed by atoms with Crippen LogP contribution in [-0.4, -0.2) is 0 Å². The molecule has 6 aromatic carbocycles. The molecule has 0 bridgehead atoms. The molecule has 0 spiro atoms. The van der Waals surface area contributed by atoms with E-state index in [9.17, 15) is 0 Å². The van der Waals surface area contributed by atoms with E-state index in [1.165, 1.54) is 192 Å². The lowest BCUT2D eigenvalue weighted by atomic mass is 9.74. The summed E-state index contributed by atoms with van der Waals surface area (Å²) in [6.45, 7) is 37.5. The van der Waals surface area contributed by atoms with Crippen molar-refractivity contribution in [1.29, 1.82) is 0 Å². The predicted octanol–water partition coefficient (Wildman–Crippen LogP) is 28.5. The third-order valence-corrected chi connectivity index (χ3v) is 19.5. The van der Waals surface area contributed by atoms with Gasteiger partial charge in [0.25, 0.3) is 0 Å². The summed E-state index contributed by atoms with van der Waals surface area (Å²) < 4.78 is 0. The van der Waals surface area contributed by atoms with E-state index in [1.54, 1.807) is 72.3 Å². The van der Waals surface area contributed by atoms with E-state index >= 15 is 0 Å². The molecule has 496 valence electrons. The summed E-state index contributed by atoms with van der Waals surface area (Å²) in [6.07, 6.45) is 39.7. The Morgan fingerprint density at radius 2 is 0.551 bits per heavy atom. The van der Waals surface area contributed by atoms with Crippen LogP contribution in [0.5, 0.6) is 0 Å². The summed E-state index contributed by atoms with van der Waals surface area (Å²) >= 11 is 0. The van der Waals surface area contributed by atoms with Gasteiger partial charge in [0, 0.05) is 0 Å². The number of hydrogen-bond donors (Lipinski definition) is 0. The van der Waals surface area contributed by atoms with Crippen molar-refractivity contribution in [2.45, 2.75) is 346 Å². The molecular formula is C89H140. The molecule has 4 atom stereocenters. The van der Waals surface area contributed by atoms with Gasteiger partial charge in [-0.1, -0.05) is 277 Å². The average Bonchev–Trinajstić information content (AvgIpc) is 4.42. The molecule has 0 saturated carbocycles. The molecule has 14 rings (SSSR count). The minimum atomic E-state index is 0.760. The molecule has 0 fully saturated rings. The summed E-state index contributed by atoms with van der Waals surface area (Å²) in [6, 6.07) is 49.3. The highest BCUT2D eigenvalue weighted by atomic mass is 14.3. The molecule has 0 aromatic heterocycles. The molecule has 0 N–H and O–H groups in total. The zero-order valence-corrected chi connectivity index (χ0v) is 61.7. The van der Waals surface area contributed by atoms with Gasteiger partial charge >= 0.3 is 0 Å². The Kier molecular flexibility index (Phi) is 45.1. The fraction of sp³-hybridized carbons (Fsp3) is 0.596. The van der Waals surface area contributed by atoms with E-state index in [1.807, 2.05) is 83.1 Å². The molecule has 0 heterocycles. The standard InChI is InChI=1S/C13H16.2C12H14.2C12H16.C11H16.C5H12.6C2H6/c1-4-10-6-2-8-12-9-3-7-11(5-1)13(10)12;2*1-3-9-4-2-6-11-8-7-10(5-1)12(9)11;2*1-2-10-7-5-8-11-6-3-4-9-12(10)11;1-3-10(4-2)11-8-6-5-7-9-11;1-3-5-4-2;6*1-2/h1,4-5,12H,2-3,6-9H2;2*1,3,5,11H,2,4,6-8H2;2*3-4,6,9-10H,2,5,7-8H2,1H3;5-10H,3-4H2,1-2H3;3-5H2,1-2H3;6*1-2H3. The van der Waals surface area contributed by atoms with Gasteiger partial charge in [-0.3, -0.25) is 0 Å². The van der Waals surface area contributed by atoms with Crippen LogP contribution in [0.3, 0.4) is 0 Å². The topological polar surface area (TPSA) is 0 Å². The van der Waals surface area contributed by atoms with Crippen molar-refractivity contribution in [3.8, 4) is 0 Å². The van der Waals surface area contributed by atoms with Crippen molar-refractivity contribution in [2.75, 3.05) is 0 Å². The van der Waals surface area contributed by atoms with Crippen molar-refractivity contribution in [3.05, 3.63) is 211 Å². The number of hydrogen-bond acceptors (Lipinski definition) is 0. The van der Waals surface area contributed by atoms with Crippen LogP contribution < -0.4 is 0 Å². The molecule has 8 aliphatic rings. The lowest BCUT2D eigenvalue weighted by Gasteiger charge is -2.31. The zero-order valence-electron chi connectivity index (χ0n) is 61.7. The minimum Gasteiger partial charge on any atom is -0.0683 e. The van der Waals surface area contributed by atoms with Gasteiger partial charge in [-0.25, -0.2) is 0 Å². The number of benzene rings is 6. The molecule has 0 aliphatic heterocycles. The first-order chi connectivity index (χ1) is 44.0. The Hall–Kier alpha value is -4.68. The van der Waals surface area contributed by atoms with Crippen molar-refractivity contribution in [2.24, 2.45) is 0 Å². The van der Waals surface area contributed by atoms with E-state index in [0.29, 0.717) is 0 Å². The number of rotatable bonds is 7. The van der Waals surface area contributed by atoms with Gasteiger partial charge in [-0.15, -0.1) is 0 Å². The summed E-state index contributed by atoms with van der Waals surface area (Å²) in [7, 11) is 0. The van der Waals surface area contributed by atoms with E-state index < -0.39 is 0 Å². The van der Waals surface area contributed by atoms with Crippen LogP contribution >= 0.6 is 0 Å². The van der Waals surface area contributed by atoms with Crippen molar-refractivity contribution < 1.29 is 0 Å². The maximum Gasteiger partial charge on any atom is -0.0153 e. The van der Waals surface area contributed by atoms with Crippen molar-refractivity contribution in [1.82, 2.24) is 0 Å². The highest BCUT2D eigenvalue weighted by molar-refractivity contribution is 5.45. The van der Waals surface area contributed by atoms with E-state index in [2.05, 4.69) is 175 Å². The Bertz CT molecular complexity index is 2480. The van der Waals surface area contributed by atoms with Crippen molar-refractivity contribution >= 4 is 0 Å². The third-order valence-electron chi connectivity index (χ3n) is 19.5. The van der Waals surface area contributed by atoms with Crippen LogP contribution in [0.4, 0.5) is 0 Å². The molecule has 8 aliphatic carbocycles. The second-order valence-corrected chi connectivity index (χ2v) is 24.4. The summed E-state index contributed by atoms with van der Waals surface area (Å²) in [5.41, 5.74) is 23.1. The summed E-state index contributed by atoms with van der Waals surface area (Å²) in [5, 5.41) is 0. The van der Waals surface area contributed by atoms with Gasteiger partial charge in [0.05, 0.1) is 0 Å². The Labute approximate surface area is 554 Å². The van der Waals surface area contributed by atoms with E-state index in [-0.39, 0.29) is 0 Å². The molecule has 0 amide bonds. The van der Waals surface area contributed by atoms with E-state index in [0.717, 1.165) is 35.5 Å². The van der Waals surface area contributed by atoms with Gasteiger partial charge < -0.3 is 0 Å². The van der Waals surface area contributed by atoms with Gasteiger partial charge in [-0.2, -0.15) is 0 Å². The third kappa shape index (κ3) is 25.4. The highest BCUT2D eigenvalue weighted by Crippen LogP contribution is 2.44. The normalized spacial score (nSPS) is 18.1. The molecule has 0 heteroatoms. The quantitative estimate of drug-likeness (QED) is 0.149. The van der Waals surface area contributed by atoms with E-state index in [4.69, 9.17) is 0 Å². The molecule has 0 nitrogen and oxygen atoms in total. The zero-order chi connectivity index (χ0) is 65.6. The summed E-state index contributed by atoms with van der Waals surface area (Å²) in [5.74, 6) is 5.24. The van der Waals surface area contributed by atoms with Crippen LogP contribution in [0.15, 0.2) is 133 Å². The summed E-state index contributed by atoms with van der Waals surface area (Å²) in [4.78, 5) is 0. The fourth-order valence-corrected chi connectivity index (χ4v) is 15.4. The van der Waals surface area contributed by atoms with Gasteiger partial charge in [-0.05, 0) is 280 Å². The van der Waals surface area contributed by atoms with Crippen molar-refractivity contribution in [3.63, 3.8) is 0 Å². The first-order valence-corrected chi connectivity index (χ1v) is 38.5. The lowest BCUT2D eigenvalue weighted by Crippen LogP contribution is -2.16. The Morgan fingerprint density at radius 3 is 0.854 bits per heavy atom. The maximum atomic E-state index is 2.34. The lowest BCUT2D eigenvalue weighted by molar-refractivity contribution is 0.476. The number of aryl methyl sites for hydroxylation is 8. The second-order valence-electron chi connectivity index (χ2n) is 24.4. The molecule has 89 heavy (non-hydrogen) atoms. The molecule has 0 radical (unpaired) electrons. The maximum absolute atomic E-state index is 2.34. The van der Waals surface area contributed by atoms with Crippen LogP contribution in [0.1, 0.15) is 373 Å². The molecule has 6 aromatic rings. The Balaban J connectivity index is 0.000000347. The fourth-order valence-electron chi connectivity index (χ4n) is 15.4. The van der Waals surface area contributed by atoms with Gasteiger partial charge in [0.15, 0.2) is 0 Å². The van der Waals surface area contributed by atoms with Crippen LogP contribution in [0.2, 0.25) is 0 Å². The molecule has 4 unspecified atom stereocenters. The van der Waals surface area contributed by atoms with Crippen LogP contribution in [0, 0.1) is 0 Å². The van der Waals surface area contributed by atoms with Crippen LogP contribution in [0.25, 0.3) is 0 Å². The monoisotopic (exact) mass is 1210 g/mol. The first kappa shape index (κ1) is 80.4. The van der Waals surface area contributed by atoms with Gasteiger partial charge in [0.2, 0.25) is 0 Å². The number of fused-ring (bicyclic) bond motifs is 2. The minimum absolute atomic E-state index is 0.760. The average molecular weight is 1210 g/mol. The first-order valence-electron chi connectivity index (χ1n) is 38.5. The van der Waals surface area contributed by atoms with Crippen LogP contribution in [-0.2, 0) is 51.4 Å². The molecular weight excluding hydrogens is 1070 g/mol.